The van der Waals surface area contributed by atoms with E-state index in [2.05, 4.69) is 6.92 Å². The molecular weight excluding hydrogens is 280 g/mol. The summed E-state index contributed by atoms with van der Waals surface area (Å²) in [5.41, 5.74) is 0. The highest BCUT2D eigenvalue weighted by atomic mass is 32.2. The molecule has 1 rings (SSSR count). The molecule has 5 heteroatoms. The molecule has 0 spiro atoms. The van der Waals surface area contributed by atoms with E-state index in [1.54, 1.807) is 23.5 Å². The number of hydrogen-bond acceptors (Lipinski definition) is 5. The van der Waals surface area contributed by atoms with Crippen LogP contribution in [0.2, 0.25) is 0 Å². The Morgan fingerprint density at radius 2 is 1.84 bits per heavy atom. The summed E-state index contributed by atoms with van der Waals surface area (Å²) in [4.78, 5) is 12.1. The molecule has 0 radical (unpaired) electrons. The van der Waals surface area contributed by atoms with E-state index in [1.807, 2.05) is 6.92 Å². The van der Waals surface area contributed by atoms with E-state index in [4.69, 9.17) is 4.74 Å². The summed E-state index contributed by atoms with van der Waals surface area (Å²) in [6.45, 7) is 4.38. The zero-order valence-electron chi connectivity index (χ0n) is 12.0. The highest BCUT2D eigenvalue weighted by Gasteiger charge is 2.50. The fourth-order valence-electron chi connectivity index (χ4n) is 2.24. The standard InChI is InChI=1S/C14H26O3S2/c1-3-5-6-7-8-9-12(15)14(13(16)17-4-2)18-10-11-19-14/h12,15H,3-11H2,1-2H3/t12-/m1/s1. The minimum Gasteiger partial charge on any atom is -0.464 e. The van der Waals surface area contributed by atoms with E-state index in [0.29, 0.717) is 13.0 Å². The Kier molecular flexibility index (Phi) is 8.26. The van der Waals surface area contributed by atoms with Crippen molar-refractivity contribution in [2.24, 2.45) is 0 Å². The first-order valence-corrected chi connectivity index (χ1v) is 9.27. The molecule has 0 amide bonds. The molecule has 19 heavy (non-hydrogen) atoms. The molecule has 0 aromatic rings. The third kappa shape index (κ3) is 4.87. The van der Waals surface area contributed by atoms with Crippen LogP contribution in [0.1, 0.15) is 52.4 Å². The number of carbonyl (C=O) groups excluding carboxylic acids is 1. The first kappa shape index (κ1) is 17.2. The van der Waals surface area contributed by atoms with Crippen LogP contribution in [0.4, 0.5) is 0 Å². The quantitative estimate of drug-likeness (QED) is 0.522. The number of hydrogen-bond donors (Lipinski definition) is 1. The van der Waals surface area contributed by atoms with Gasteiger partial charge in [0.2, 0.25) is 0 Å². The number of thioether (sulfide) groups is 2. The van der Waals surface area contributed by atoms with Gasteiger partial charge < -0.3 is 9.84 Å². The Balaban J connectivity index is 2.44. The Morgan fingerprint density at radius 3 is 2.42 bits per heavy atom. The van der Waals surface area contributed by atoms with E-state index in [9.17, 15) is 9.90 Å². The van der Waals surface area contributed by atoms with Crippen molar-refractivity contribution in [1.29, 1.82) is 0 Å². The Hall–Kier alpha value is 0.130. The molecule has 1 heterocycles. The molecule has 1 aliphatic rings. The predicted molar refractivity (Wildman–Crippen MR) is 83.7 cm³/mol. The van der Waals surface area contributed by atoms with Crippen LogP contribution in [0.3, 0.4) is 0 Å². The van der Waals surface area contributed by atoms with Crippen LogP contribution in [0.5, 0.6) is 0 Å². The van der Waals surface area contributed by atoms with Gasteiger partial charge in [-0.25, -0.2) is 4.79 Å². The first-order valence-electron chi connectivity index (χ1n) is 7.30. The monoisotopic (exact) mass is 306 g/mol. The summed E-state index contributed by atoms with van der Waals surface area (Å²) in [5, 5.41) is 10.4. The van der Waals surface area contributed by atoms with E-state index in [1.165, 1.54) is 19.3 Å². The highest BCUT2D eigenvalue weighted by Crippen LogP contribution is 2.48. The van der Waals surface area contributed by atoms with Crippen molar-refractivity contribution in [1.82, 2.24) is 0 Å². The van der Waals surface area contributed by atoms with Crippen molar-refractivity contribution in [3.05, 3.63) is 0 Å². The number of ether oxygens (including phenoxy) is 1. The van der Waals surface area contributed by atoms with Crippen LogP contribution in [0, 0.1) is 0 Å². The lowest BCUT2D eigenvalue weighted by molar-refractivity contribution is -0.145. The van der Waals surface area contributed by atoms with E-state index in [0.717, 1.165) is 24.3 Å². The number of unbranched alkanes of at least 4 members (excludes halogenated alkanes) is 4. The average Bonchev–Trinajstić information content (AvgIpc) is 2.89. The Morgan fingerprint density at radius 1 is 1.21 bits per heavy atom. The zero-order chi connectivity index (χ0) is 14.1. The largest absolute Gasteiger partial charge is 0.464 e. The lowest BCUT2D eigenvalue weighted by Crippen LogP contribution is -2.43. The summed E-state index contributed by atoms with van der Waals surface area (Å²) in [5.74, 6) is 1.58. The van der Waals surface area contributed by atoms with Crippen LogP contribution in [0.25, 0.3) is 0 Å². The second kappa shape index (κ2) is 9.14. The lowest BCUT2D eigenvalue weighted by atomic mass is 10.1. The third-order valence-corrected chi connectivity index (χ3v) is 6.81. The van der Waals surface area contributed by atoms with Crippen LogP contribution >= 0.6 is 23.5 Å². The molecule has 1 saturated heterocycles. The van der Waals surface area contributed by atoms with Crippen molar-refractivity contribution in [2.45, 2.75) is 62.6 Å². The van der Waals surface area contributed by atoms with Crippen molar-refractivity contribution in [3.8, 4) is 0 Å². The summed E-state index contributed by atoms with van der Waals surface area (Å²) in [6.07, 6.45) is 5.93. The summed E-state index contributed by atoms with van der Waals surface area (Å²) in [7, 11) is 0. The molecule has 0 aromatic carbocycles. The van der Waals surface area contributed by atoms with Gasteiger partial charge in [0.25, 0.3) is 0 Å². The molecular formula is C14H26O3S2. The predicted octanol–water partition coefficient (Wildman–Crippen LogP) is 3.45. The molecule has 112 valence electrons. The molecule has 1 fully saturated rings. The van der Waals surface area contributed by atoms with Crippen LogP contribution < -0.4 is 0 Å². The summed E-state index contributed by atoms with van der Waals surface area (Å²) in [6, 6.07) is 0. The molecule has 0 aliphatic carbocycles. The van der Waals surface area contributed by atoms with Gasteiger partial charge in [0, 0.05) is 11.5 Å². The molecule has 0 bridgehead atoms. The van der Waals surface area contributed by atoms with Gasteiger partial charge in [-0.05, 0) is 13.3 Å². The fourth-order valence-corrected chi connectivity index (χ4v) is 5.32. The normalized spacial score (nSPS) is 19.3. The fraction of sp³-hybridized carbons (Fsp3) is 0.929. The molecule has 3 nitrogen and oxygen atoms in total. The van der Waals surface area contributed by atoms with E-state index in [-0.39, 0.29) is 5.97 Å². The number of esters is 1. The van der Waals surface area contributed by atoms with Crippen molar-refractivity contribution < 1.29 is 14.6 Å². The minimum absolute atomic E-state index is 0.247. The topological polar surface area (TPSA) is 46.5 Å². The van der Waals surface area contributed by atoms with E-state index >= 15 is 0 Å². The minimum atomic E-state index is -0.763. The molecule has 0 saturated carbocycles. The number of carbonyl (C=O) groups is 1. The zero-order valence-corrected chi connectivity index (χ0v) is 13.7. The van der Waals surface area contributed by atoms with Crippen LogP contribution in [-0.2, 0) is 9.53 Å². The van der Waals surface area contributed by atoms with Gasteiger partial charge in [0.05, 0.1) is 12.7 Å². The molecule has 1 N–H and O–H groups in total. The molecule has 0 unspecified atom stereocenters. The maximum Gasteiger partial charge on any atom is 0.335 e. The SMILES string of the molecule is CCCCCCC[C@@H](O)C1(C(=O)OCC)SCCS1. The van der Waals surface area contributed by atoms with Gasteiger partial charge in [0.1, 0.15) is 0 Å². The first-order chi connectivity index (χ1) is 9.17. The second-order valence-corrected chi connectivity index (χ2v) is 7.74. The summed E-state index contributed by atoms with van der Waals surface area (Å²) < 4.78 is 4.39. The van der Waals surface area contributed by atoms with Crippen molar-refractivity contribution in [3.63, 3.8) is 0 Å². The highest BCUT2D eigenvalue weighted by molar-refractivity contribution is 8.22. The maximum atomic E-state index is 12.1. The summed E-state index contributed by atoms with van der Waals surface area (Å²) >= 11 is 3.11. The van der Waals surface area contributed by atoms with Crippen molar-refractivity contribution in [2.75, 3.05) is 18.1 Å². The van der Waals surface area contributed by atoms with Crippen LogP contribution in [-0.4, -0.2) is 39.4 Å². The van der Waals surface area contributed by atoms with Gasteiger partial charge in [-0.1, -0.05) is 39.0 Å². The maximum absolute atomic E-state index is 12.1. The number of aliphatic hydroxyl groups excluding tert-OH is 1. The molecule has 1 aliphatic heterocycles. The van der Waals surface area contributed by atoms with Gasteiger partial charge in [-0.15, -0.1) is 23.5 Å². The van der Waals surface area contributed by atoms with Crippen molar-refractivity contribution >= 4 is 29.5 Å². The average molecular weight is 306 g/mol. The van der Waals surface area contributed by atoms with E-state index < -0.39 is 10.2 Å². The Labute approximate surface area is 125 Å². The van der Waals surface area contributed by atoms with Gasteiger partial charge in [0.15, 0.2) is 4.08 Å². The third-order valence-electron chi connectivity index (χ3n) is 3.30. The molecule has 1 atom stereocenters. The van der Waals surface area contributed by atoms with Gasteiger partial charge in [-0.2, -0.15) is 0 Å². The number of rotatable bonds is 9. The van der Waals surface area contributed by atoms with Gasteiger partial charge in [-0.3, -0.25) is 0 Å². The second-order valence-electron chi connectivity index (χ2n) is 4.80. The van der Waals surface area contributed by atoms with Gasteiger partial charge >= 0.3 is 5.97 Å². The lowest BCUT2D eigenvalue weighted by Gasteiger charge is -2.30. The van der Waals surface area contributed by atoms with Crippen LogP contribution in [0.15, 0.2) is 0 Å². The Bertz CT molecular complexity index is 265. The molecule has 0 aromatic heterocycles. The number of aliphatic hydroxyl groups is 1. The smallest absolute Gasteiger partial charge is 0.335 e.